The Bertz CT molecular complexity index is 654. The van der Waals surface area contributed by atoms with Crippen LogP contribution in [0.15, 0.2) is 54.6 Å². The minimum atomic E-state index is -0.446. The number of rotatable bonds is 7. The molecule has 1 amide bonds. The molecule has 0 fully saturated rings. The highest BCUT2D eigenvalue weighted by Gasteiger charge is 2.15. The van der Waals surface area contributed by atoms with E-state index in [0.717, 1.165) is 18.4 Å². The van der Waals surface area contributed by atoms with Gasteiger partial charge in [0.15, 0.2) is 0 Å². The first-order valence-corrected chi connectivity index (χ1v) is 7.64. The zero-order valence-corrected chi connectivity index (χ0v) is 13.1. The van der Waals surface area contributed by atoms with Crippen LogP contribution < -0.4 is 5.32 Å². The van der Waals surface area contributed by atoms with Crippen LogP contribution in [-0.4, -0.2) is 17.4 Å². The number of nitro groups is 1. The Morgan fingerprint density at radius 1 is 1.13 bits per heavy atom. The molecule has 5 heteroatoms. The summed E-state index contributed by atoms with van der Waals surface area (Å²) in [6.07, 6.45) is 1.80. The van der Waals surface area contributed by atoms with Crippen molar-refractivity contribution in [1.82, 2.24) is 5.32 Å². The maximum Gasteiger partial charge on any atom is 0.269 e. The van der Waals surface area contributed by atoms with E-state index in [1.807, 2.05) is 18.2 Å². The Kier molecular flexibility index (Phi) is 5.86. The van der Waals surface area contributed by atoms with E-state index in [-0.39, 0.29) is 17.5 Å². The molecule has 120 valence electrons. The van der Waals surface area contributed by atoms with Gasteiger partial charge >= 0.3 is 0 Å². The predicted octanol–water partition coefficient (Wildman–Crippen LogP) is 3.45. The second kappa shape index (κ2) is 8.08. The van der Waals surface area contributed by atoms with Gasteiger partial charge in [-0.2, -0.15) is 0 Å². The second-order valence-electron chi connectivity index (χ2n) is 5.45. The van der Waals surface area contributed by atoms with Crippen LogP contribution in [0.1, 0.15) is 30.4 Å². The van der Waals surface area contributed by atoms with Gasteiger partial charge < -0.3 is 5.32 Å². The average Bonchev–Trinajstić information content (AvgIpc) is 2.59. The molecular formula is C18H20N2O3. The predicted molar refractivity (Wildman–Crippen MR) is 89.3 cm³/mol. The molecule has 0 aromatic heterocycles. The summed E-state index contributed by atoms with van der Waals surface area (Å²) in [5.74, 6) is -0.389. The molecule has 1 N–H and O–H groups in total. The number of nitrogens with one attached hydrogen (secondary N) is 1. The molecule has 5 nitrogen and oxygen atoms in total. The highest BCUT2D eigenvalue weighted by molar-refractivity contribution is 5.83. The van der Waals surface area contributed by atoms with Crippen molar-refractivity contribution in [1.29, 1.82) is 0 Å². The van der Waals surface area contributed by atoms with Gasteiger partial charge in [-0.05, 0) is 30.9 Å². The Balaban J connectivity index is 1.79. The zero-order chi connectivity index (χ0) is 16.7. The lowest BCUT2D eigenvalue weighted by atomic mass is 10.00. The lowest BCUT2D eigenvalue weighted by molar-refractivity contribution is -0.384. The third-order valence-electron chi connectivity index (χ3n) is 3.78. The first-order chi connectivity index (χ1) is 11.1. The summed E-state index contributed by atoms with van der Waals surface area (Å²) in [4.78, 5) is 22.3. The highest BCUT2D eigenvalue weighted by atomic mass is 16.6. The molecule has 0 radical (unpaired) electrons. The number of nitrogens with zero attached hydrogens (tertiary/aromatic N) is 1. The van der Waals surface area contributed by atoms with Gasteiger partial charge in [0.25, 0.3) is 5.69 Å². The third kappa shape index (κ3) is 4.92. The smallest absolute Gasteiger partial charge is 0.269 e. The molecule has 0 aliphatic rings. The van der Waals surface area contributed by atoms with Crippen molar-refractivity contribution in [2.45, 2.75) is 25.7 Å². The van der Waals surface area contributed by atoms with Crippen molar-refractivity contribution in [2.75, 3.05) is 6.54 Å². The van der Waals surface area contributed by atoms with E-state index in [0.29, 0.717) is 6.54 Å². The van der Waals surface area contributed by atoms with Crippen molar-refractivity contribution in [3.8, 4) is 0 Å². The average molecular weight is 312 g/mol. The number of nitro benzene ring substituents is 1. The molecule has 23 heavy (non-hydrogen) atoms. The summed E-state index contributed by atoms with van der Waals surface area (Å²) in [6.45, 7) is 2.42. The number of aryl methyl sites for hydroxylation is 1. The summed E-state index contributed by atoms with van der Waals surface area (Å²) < 4.78 is 0. The molecule has 2 aromatic rings. The first kappa shape index (κ1) is 16.7. The van der Waals surface area contributed by atoms with Gasteiger partial charge in [-0.1, -0.05) is 42.5 Å². The number of hydrogen-bond donors (Lipinski definition) is 1. The van der Waals surface area contributed by atoms with Crippen molar-refractivity contribution in [3.63, 3.8) is 0 Å². The molecule has 0 bridgehead atoms. The Hall–Kier alpha value is -2.69. The van der Waals surface area contributed by atoms with Crippen molar-refractivity contribution >= 4 is 11.6 Å². The van der Waals surface area contributed by atoms with Gasteiger partial charge in [-0.25, -0.2) is 0 Å². The van der Waals surface area contributed by atoms with Crippen LogP contribution in [0.25, 0.3) is 0 Å². The number of hydrogen-bond acceptors (Lipinski definition) is 3. The zero-order valence-electron chi connectivity index (χ0n) is 13.1. The van der Waals surface area contributed by atoms with E-state index < -0.39 is 4.92 Å². The lowest BCUT2D eigenvalue weighted by Gasteiger charge is -2.12. The van der Waals surface area contributed by atoms with Gasteiger partial charge in [0.05, 0.1) is 10.8 Å². The van der Waals surface area contributed by atoms with Gasteiger partial charge in [0, 0.05) is 18.7 Å². The van der Waals surface area contributed by atoms with E-state index in [1.54, 1.807) is 19.1 Å². The van der Waals surface area contributed by atoms with Crippen LogP contribution in [0.4, 0.5) is 5.69 Å². The van der Waals surface area contributed by atoms with E-state index in [9.17, 15) is 14.9 Å². The van der Waals surface area contributed by atoms with Gasteiger partial charge in [0.1, 0.15) is 0 Å². The van der Waals surface area contributed by atoms with E-state index in [4.69, 9.17) is 0 Å². The number of benzene rings is 2. The molecule has 1 atom stereocenters. The molecular weight excluding hydrogens is 292 g/mol. The van der Waals surface area contributed by atoms with Gasteiger partial charge in [-0.15, -0.1) is 0 Å². The highest BCUT2D eigenvalue weighted by Crippen LogP contribution is 2.19. The fraction of sp³-hybridized carbons (Fsp3) is 0.278. The molecule has 0 aliphatic carbocycles. The molecule has 0 saturated carbocycles. The summed E-state index contributed by atoms with van der Waals surface area (Å²) in [5, 5.41) is 13.5. The molecule has 0 spiro atoms. The van der Waals surface area contributed by atoms with Gasteiger partial charge in [0.2, 0.25) is 5.91 Å². The summed E-state index contributed by atoms with van der Waals surface area (Å²) in [7, 11) is 0. The maximum atomic E-state index is 12.1. The first-order valence-electron chi connectivity index (χ1n) is 7.64. The number of amides is 1. The van der Waals surface area contributed by atoms with Crippen molar-refractivity contribution in [2.24, 2.45) is 0 Å². The van der Waals surface area contributed by atoms with Crippen LogP contribution in [0.5, 0.6) is 0 Å². The summed E-state index contributed by atoms with van der Waals surface area (Å²) >= 11 is 0. The number of non-ortho nitro benzene ring substituents is 1. The molecule has 2 aromatic carbocycles. The van der Waals surface area contributed by atoms with Crippen LogP contribution in [0, 0.1) is 10.1 Å². The van der Waals surface area contributed by atoms with Crippen molar-refractivity contribution in [3.05, 3.63) is 75.8 Å². The summed E-state index contributed by atoms with van der Waals surface area (Å²) in [6, 6.07) is 16.2. The normalized spacial score (nSPS) is 11.7. The van der Waals surface area contributed by atoms with Crippen LogP contribution in [-0.2, 0) is 11.2 Å². The standard InChI is InChI=1S/C18H20N2O3/c1-14(16-9-11-17(12-10-16)20(22)23)18(21)19-13-5-8-15-6-3-2-4-7-15/h2-4,6-7,9-12,14H,5,8,13H2,1H3,(H,19,21). The van der Waals surface area contributed by atoms with Crippen molar-refractivity contribution < 1.29 is 9.72 Å². The molecule has 2 rings (SSSR count). The van der Waals surface area contributed by atoms with E-state index in [2.05, 4.69) is 17.4 Å². The molecule has 0 aliphatic heterocycles. The Morgan fingerprint density at radius 2 is 1.78 bits per heavy atom. The number of carbonyl (C=O) groups excluding carboxylic acids is 1. The molecule has 0 heterocycles. The van der Waals surface area contributed by atoms with E-state index >= 15 is 0 Å². The lowest BCUT2D eigenvalue weighted by Crippen LogP contribution is -2.29. The third-order valence-corrected chi connectivity index (χ3v) is 3.78. The van der Waals surface area contributed by atoms with Crippen LogP contribution in [0.3, 0.4) is 0 Å². The largest absolute Gasteiger partial charge is 0.356 e. The van der Waals surface area contributed by atoms with E-state index in [1.165, 1.54) is 17.7 Å². The minimum absolute atomic E-state index is 0.0317. The quantitative estimate of drug-likeness (QED) is 0.483. The van der Waals surface area contributed by atoms with Crippen LogP contribution >= 0.6 is 0 Å². The SMILES string of the molecule is CC(C(=O)NCCCc1ccccc1)c1ccc([N+](=O)[O-])cc1. The Labute approximate surface area is 135 Å². The molecule has 0 saturated heterocycles. The number of carbonyl (C=O) groups is 1. The topological polar surface area (TPSA) is 72.2 Å². The second-order valence-corrected chi connectivity index (χ2v) is 5.45. The van der Waals surface area contributed by atoms with Gasteiger partial charge in [-0.3, -0.25) is 14.9 Å². The Morgan fingerprint density at radius 3 is 2.39 bits per heavy atom. The minimum Gasteiger partial charge on any atom is -0.356 e. The summed E-state index contributed by atoms with van der Waals surface area (Å²) in [5.41, 5.74) is 2.06. The van der Waals surface area contributed by atoms with Crippen LogP contribution in [0.2, 0.25) is 0 Å². The fourth-order valence-electron chi connectivity index (χ4n) is 2.34. The monoisotopic (exact) mass is 312 g/mol. The fourth-order valence-corrected chi connectivity index (χ4v) is 2.34. The maximum absolute atomic E-state index is 12.1. The molecule has 1 unspecified atom stereocenters.